The van der Waals surface area contributed by atoms with Gasteiger partial charge in [-0.05, 0) is 13.0 Å². The summed E-state index contributed by atoms with van der Waals surface area (Å²) < 4.78 is 13.2. The van der Waals surface area contributed by atoms with Crippen LogP contribution in [0.5, 0.6) is 11.5 Å². The van der Waals surface area contributed by atoms with Crippen LogP contribution in [0.15, 0.2) is 24.5 Å². The largest absolute Gasteiger partial charge is 0.454 e. The molecule has 0 fully saturated rings. The number of hydrogen-bond acceptors (Lipinski definition) is 5. The third kappa shape index (κ3) is 2.61. The van der Waals surface area contributed by atoms with Gasteiger partial charge in [-0.1, -0.05) is 23.2 Å². The Bertz CT molecular complexity index is 926. The highest BCUT2D eigenvalue weighted by atomic mass is 35.5. The van der Waals surface area contributed by atoms with Crippen molar-refractivity contribution < 1.29 is 9.47 Å². The predicted molar refractivity (Wildman–Crippen MR) is 93.3 cm³/mol. The Balaban J connectivity index is 1.61. The smallest absolute Gasteiger partial charge is 0.231 e. The lowest BCUT2D eigenvalue weighted by atomic mass is 10.2. The molecule has 0 spiro atoms. The highest BCUT2D eigenvalue weighted by molar-refractivity contribution is 6.35. The molecule has 0 radical (unpaired) electrons. The lowest BCUT2D eigenvalue weighted by Gasteiger charge is -2.11. The molecular weight excluding hydrogens is 351 g/mol. The maximum Gasteiger partial charge on any atom is 0.231 e. The number of rotatable bonds is 4. The SMILES string of the molecule is Cc1cc2c3c(cc(Cl)c2n1CCNc1cc(Cl)ncn1)OCO3. The van der Waals surface area contributed by atoms with Gasteiger partial charge >= 0.3 is 0 Å². The van der Waals surface area contributed by atoms with E-state index in [-0.39, 0.29) is 6.79 Å². The van der Waals surface area contributed by atoms with E-state index in [2.05, 4.69) is 25.9 Å². The predicted octanol–water partition coefficient (Wildman–Crippen LogP) is 3.89. The van der Waals surface area contributed by atoms with Crippen LogP contribution in [-0.4, -0.2) is 27.9 Å². The van der Waals surface area contributed by atoms with Crippen molar-refractivity contribution in [2.75, 3.05) is 18.7 Å². The third-order valence-electron chi connectivity index (χ3n) is 3.95. The standard InChI is InChI=1S/C16H14Cl2N4O2/c1-9-4-10-15(11(17)5-12-16(10)24-8-23-12)22(9)3-2-19-14-6-13(18)20-7-21-14/h4-7H,2-3,8H2,1H3,(H,19,20,21). The second kappa shape index (κ2) is 6.03. The molecule has 0 saturated heterocycles. The molecule has 6 nitrogen and oxygen atoms in total. The van der Waals surface area contributed by atoms with Crippen molar-refractivity contribution in [3.8, 4) is 11.5 Å². The van der Waals surface area contributed by atoms with Gasteiger partial charge in [0.25, 0.3) is 0 Å². The van der Waals surface area contributed by atoms with Crippen LogP contribution in [0.1, 0.15) is 5.69 Å². The molecule has 1 aliphatic rings. The molecule has 0 amide bonds. The van der Waals surface area contributed by atoms with Crippen molar-refractivity contribution in [3.63, 3.8) is 0 Å². The molecule has 0 saturated carbocycles. The zero-order chi connectivity index (χ0) is 16.7. The Labute approximate surface area is 148 Å². The minimum atomic E-state index is 0.227. The average molecular weight is 365 g/mol. The zero-order valence-corrected chi connectivity index (χ0v) is 14.4. The van der Waals surface area contributed by atoms with Crippen LogP contribution in [0.25, 0.3) is 10.9 Å². The van der Waals surface area contributed by atoms with Crippen LogP contribution in [0.4, 0.5) is 5.82 Å². The molecule has 0 unspecified atom stereocenters. The second-order valence-corrected chi connectivity index (χ2v) is 6.24. The number of halogens is 2. The van der Waals surface area contributed by atoms with Gasteiger partial charge in [0.2, 0.25) is 6.79 Å². The summed E-state index contributed by atoms with van der Waals surface area (Å²) in [4.78, 5) is 7.99. The summed E-state index contributed by atoms with van der Waals surface area (Å²) >= 11 is 12.3. The molecule has 0 bridgehead atoms. The van der Waals surface area contributed by atoms with Crippen LogP contribution in [0, 0.1) is 6.92 Å². The Hall–Kier alpha value is -2.18. The van der Waals surface area contributed by atoms with Crippen LogP contribution in [0.3, 0.4) is 0 Å². The fourth-order valence-corrected chi connectivity index (χ4v) is 3.36. The maximum absolute atomic E-state index is 6.46. The number of aromatic nitrogens is 3. The lowest BCUT2D eigenvalue weighted by molar-refractivity contribution is 0.175. The number of benzene rings is 1. The first-order valence-electron chi connectivity index (χ1n) is 7.43. The van der Waals surface area contributed by atoms with E-state index in [4.69, 9.17) is 32.7 Å². The van der Waals surface area contributed by atoms with Crippen molar-refractivity contribution in [2.24, 2.45) is 0 Å². The van der Waals surface area contributed by atoms with E-state index in [0.29, 0.717) is 28.3 Å². The van der Waals surface area contributed by atoms with Gasteiger partial charge in [0.05, 0.1) is 10.5 Å². The Morgan fingerprint density at radius 2 is 2.08 bits per heavy atom. The van der Waals surface area contributed by atoms with Crippen molar-refractivity contribution in [1.29, 1.82) is 0 Å². The van der Waals surface area contributed by atoms with Gasteiger partial charge in [0.1, 0.15) is 17.3 Å². The molecule has 24 heavy (non-hydrogen) atoms. The van der Waals surface area contributed by atoms with E-state index >= 15 is 0 Å². The monoisotopic (exact) mass is 364 g/mol. The van der Waals surface area contributed by atoms with Crippen molar-refractivity contribution in [1.82, 2.24) is 14.5 Å². The number of hydrogen-bond donors (Lipinski definition) is 1. The first-order valence-corrected chi connectivity index (χ1v) is 8.18. The Kier molecular flexibility index (Phi) is 3.86. The molecule has 1 aromatic carbocycles. The van der Waals surface area contributed by atoms with Gasteiger partial charge in [-0.2, -0.15) is 0 Å². The zero-order valence-electron chi connectivity index (χ0n) is 12.8. The number of anilines is 1. The minimum Gasteiger partial charge on any atom is -0.454 e. The summed E-state index contributed by atoms with van der Waals surface area (Å²) in [6.07, 6.45) is 1.43. The van der Waals surface area contributed by atoms with Gasteiger partial charge in [0.15, 0.2) is 11.5 Å². The van der Waals surface area contributed by atoms with E-state index in [9.17, 15) is 0 Å². The topological polar surface area (TPSA) is 61.2 Å². The van der Waals surface area contributed by atoms with Crippen molar-refractivity contribution in [3.05, 3.63) is 40.4 Å². The van der Waals surface area contributed by atoms with Crippen LogP contribution in [0.2, 0.25) is 10.2 Å². The Morgan fingerprint density at radius 1 is 1.21 bits per heavy atom. The summed E-state index contributed by atoms with van der Waals surface area (Å²) in [5.74, 6) is 2.14. The van der Waals surface area contributed by atoms with E-state index in [0.717, 1.165) is 28.9 Å². The van der Waals surface area contributed by atoms with E-state index in [1.807, 2.05) is 6.92 Å². The summed E-state index contributed by atoms with van der Waals surface area (Å²) in [6, 6.07) is 5.56. The molecule has 1 N–H and O–H groups in total. The van der Waals surface area contributed by atoms with Crippen LogP contribution in [-0.2, 0) is 6.54 Å². The highest BCUT2D eigenvalue weighted by Crippen LogP contribution is 2.44. The van der Waals surface area contributed by atoms with Gasteiger partial charge in [-0.15, -0.1) is 0 Å². The first kappa shape index (κ1) is 15.4. The molecule has 0 aliphatic carbocycles. The lowest BCUT2D eigenvalue weighted by Crippen LogP contribution is -2.12. The van der Waals surface area contributed by atoms with Crippen LogP contribution < -0.4 is 14.8 Å². The molecule has 0 atom stereocenters. The maximum atomic E-state index is 6.46. The molecule has 2 aromatic heterocycles. The number of ether oxygens (including phenoxy) is 2. The van der Waals surface area contributed by atoms with E-state index in [1.165, 1.54) is 6.33 Å². The van der Waals surface area contributed by atoms with E-state index < -0.39 is 0 Å². The molecule has 3 heterocycles. The second-order valence-electron chi connectivity index (χ2n) is 5.44. The minimum absolute atomic E-state index is 0.227. The average Bonchev–Trinajstić information content (AvgIpc) is 3.12. The summed E-state index contributed by atoms with van der Waals surface area (Å²) in [5, 5.41) is 5.26. The van der Waals surface area contributed by atoms with Gasteiger partial charge < -0.3 is 19.4 Å². The number of fused-ring (bicyclic) bond motifs is 3. The summed E-state index contributed by atoms with van der Waals surface area (Å²) in [6.45, 7) is 3.66. The first-order chi connectivity index (χ1) is 11.6. The fourth-order valence-electron chi connectivity index (χ4n) is 2.91. The van der Waals surface area contributed by atoms with Gasteiger partial charge in [0, 0.05) is 36.3 Å². The van der Waals surface area contributed by atoms with Gasteiger partial charge in [-0.3, -0.25) is 0 Å². The number of nitrogens with zero attached hydrogens (tertiary/aromatic N) is 3. The molecule has 4 rings (SSSR count). The van der Waals surface area contributed by atoms with Crippen LogP contribution >= 0.6 is 23.2 Å². The number of nitrogens with one attached hydrogen (secondary N) is 1. The normalized spacial score (nSPS) is 12.8. The quantitative estimate of drug-likeness (QED) is 0.711. The van der Waals surface area contributed by atoms with Gasteiger partial charge in [-0.25, -0.2) is 9.97 Å². The molecular formula is C16H14Cl2N4O2. The molecule has 1 aliphatic heterocycles. The summed E-state index contributed by atoms with van der Waals surface area (Å²) in [7, 11) is 0. The fraction of sp³-hybridized carbons (Fsp3) is 0.250. The van der Waals surface area contributed by atoms with E-state index in [1.54, 1.807) is 12.1 Å². The summed E-state index contributed by atoms with van der Waals surface area (Å²) in [5.41, 5.74) is 2.04. The van der Waals surface area contributed by atoms with Crippen molar-refractivity contribution in [2.45, 2.75) is 13.5 Å². The number of aryl methyl sites for hydroxylation is 1. The molecule has 124 valence electrons. The Morgan fingerprint density at radius 3 is 2.92 bits per heavy atom. The van der Waals surface area contributed by atoms with Crippen molar-refractivity contribution >= 4 is 39.9 Å². The molecule has 8 heteroatoms. The molecule has 3 aromatic rings. The highest BCUT2D eigenvalue weighted by Gasteiger charge is 2.22. The third-order valence-corrected chi connectivity index (χ3v) is 4.44.